The molecule has 0 aromatic heterocycles. The second-order valence-electron chi connectivity index (χ2n) is 2.58. The Morgan fingerprint density at radius 2 is 2.38 bits per heavy atom. The molecule has 2 aliphatic rings. The molecule has 2 aliphatic carbocycles. The molecule has 0 heterocycles. The molecule has 0 bridgehead atoms. The van der Waals surface area contributed by atoms with E-state index < -0.39 is 0 Å². The minimum Gasteiger partial charge on any atom is -0.299 e. The zero-order valence-corrected chi connectivity index (χ0v) is 4.63. The largest absolute Gasteiger partial charge is 0.299 e. The van der Waals surface area contributed by atoms with Gasteiger partial charge in [-0.1, -0.05) is 12.2 Å². The van der Waals surface area contributed by atoms with E-state index in [1.165, 1.54) is 0 Å². The van der Waals surface area contributed by atoms with Crippen LogP contribution < -0.4 is 0 Å². The zero-order chi connectivity index (χ0) is 5.56. The second-order valence-corrected chi connectivity index (χ2v) is 2.58. The van der Waals surface area contributed by atoms with E-state index in [0.29, 0.717) is 17.6 Å². The highest BCUT2D eigenvalue weighted by atomic mass is 16.1. The molecule has 1 nitrogen and oxygen atoms in total. The molecule has 42 valence electrons. The average Bonchev–Trinajstić information content (AvgIpc) is 1.80. The van der Waals surface area contributed by atoms with Crippen molar-refractivity contribution in [1.29, 1.82) is 0 Å². The Morgan fingerprint density at radius 3 is 2.62 bits per heavy atom. The zero-order valence-electron chi connectivity index (χ0n) is 4.63. The summed E-state index contributed by atoms with van der Waals surface area (Å²) in [5.41, 5.74) is 0. The van der Waals surface area contributed by atoms with Crippen LogP contribution in [-0.4, -0.2) is 5.78 Å². The summed E-state index contributed by atoms with van der Waals surface area (Å²) in [6, 6.07) is 0. The molecule has 0 aromatic rings. The first-order valence-electron chi connectivity index (χ1n) is 3.09. The molecule has 1 heteroatoms. The molecule has 1 saturated carbocycles. The fraction of sp³-hybridized carbons (Fsp3) is 0.571. The highest BCUT2D eigenvalue weighted by Crippen LogP contribution is 2.37. The first kappa shape index (κ1) is 4.30. The maximum atomic E-state index is 10.8. The van der Waals surface area contributed by atoms with Crippen LogP contribution in [0.3, 0.4) is 0 Å². The minimum atomic E-state index is 0.343. The Balaban J connectivity index is 2.27. The molecule has 0 unspecified atom stereocenters. The van der Waals surface area contributed by atoms with Crippen molar-refractivity contribution in [3.8, 4) is 0 Å². The van der Waals surface area contributed by atoms with Gasteiger partial charge in [0.1, 0.15) is 5.78 Å². The van der Waals surface area contributed by atoms with Crippen LogP contribution in [0.15, 0.2) is 12.2 Å². The van der Waals surface area contributed by atoms with Gasteiger partial charge < -0.3 is 0 Å². The summed E-state index contributed by atoms with van der Waals surface area (Å²) in [5, 5.41) is 0. The lowest BCUT2D eigenvalue weighted by atomic mass is 9.85. The summed E-state index contributed by atoms with van der Waals surface area (Å²) >= 11 is 0. The van der Waals surface area contributed by atoms with E-state index in [9.17, 15) is 4.79 Å². The molecular formula is C7H8O. The monoisotopic (exact) mass is 108 g/mol. The molecule has 0 saturated heterocycles. The van der Waals surface area contributed by atoms with Crippen molar-refractivity contribution in [3.63, 3.8) is 0 Å². The number of fused-ring (bicyclic) bond motifs is 1. The van der Waals surface area contributed by atoms with E-state index in [1.54, 1.807) is 0 Å². The van der Waals surface area contributed by atoms with Crippen LogP contribution in [0.2, 0.25) is 0 Å². The standard InChI is InChI=1S/C7H8O/c8-7-4-2-5-1-3-6(5)7/h1,3,5-6H,2,4H2/t5-,6-/m0/s1. The van der Waals surface area contributed by atoms with Crippen molar-refractivity contribution in [2.75, 3.05) is 0 Å². The molecule has 0 amide bonds. The number of rotatable bonds is 0. The molecule has 8 heavy (non-hydrogen) atoms. The Morgan fingerprint density at radius 1 is 1.50 bits per heavy atom. The maximum Gasteiger partial charge on any atom is 0.140 e. The van der Waals surface area contributed by atoms with E-state index in [1.807, 2.05) is 6.08 Å². The third-order valence-electron chi connectivity index (χ3n) is 2.12. The van der Waals surface area contributed by atoms with Crippen LogP contribution in [-0.2, 0) is 4.79 Å². The molecule has 2 atom stereocenters. The topological polar surface area (TPSA) is 17.1 Å². The molecular weight excluding hydrogens is 100 g/mol. The van der Waals surface area contributed by atoms with Crippen LogP contribution >= 0.6 is 0 Å². The van der Waals surface area contributed by atoms with Gasteiger partial charge in [0, 0.05) is 12.3 Å². The van der Waals surface area contributed by atoms with Gasteiger partial charge in [0.15, 0.2) is 0 Å². The first-order valence-corrected chi connectivity index (χ1v) is 3.09. The third-order valence-corrected chi connectivity index (χ3v) is 2.12. The quantitative estimate of drug-likeness (QED) is 0.425. The summed E-state index contributed by atoms with van der Waals surface area (Å²) < 4.78 is 0. The Kier molecular flexibility index (Phi) is 0.655. The molecule has 2 rings (SSSR count). The third kappa shape index (κ3) is 0.347. The summed E-state index contributed by atoms with van der Waals surface area (Å²) in [5.74, 6) is 1.44. The van der Waals surface area contributed by atoms with Crippen molar-refractivity contribution in [2.24, 2.45) is 11.8 Å². The summed E-state index contributed by atoms with van der Waals surface area (Å²) in [6.45, 7) is 0. The second kappa shape index (κ2) is 1.22. The van der Waals surface area contributed by atoms with E-state index in [4.69, 9.17) is 0 Å². The van der Waals surface area contributed by atoms with Gasteiger partial charge >= 0.3 is 0 Å². The Bertz CT molecular complexity index is 158. The van der Waals surface area contributed by atoms with Gasteiger partial charge in [0.25, 0.3) is 0 Å². The van der Waals surface area contributed by atoms with Crippen LogP contribution in [0.4, 0.5) is 0 Å². The highest BCUT2D eigenvalue weighted by molar-refractivity contribution is 5.86. The number of carbonyl (C=O) groups is 1. The van der Waals surface area contributed by atoms with Crippen LogP contribution in [0.25, 0.3) is 0 Å². The molecule has 0 radical (unpaired) electrons. The lowest BCUT2D eigenvalue weighted by Gasteiger charge is -2.18. The number of ketones is 1. The molecule has 0 aliphatic heterocycles. The predicted molar refractivity (Wildman–Crippen MR) is 30.4 cm³/mol. The average molecular weight is 108 g/mol. The van der Waals surface area contributed by atoms with Gasteiger partial charge in [-0.3, -0.25) is 4.79 Å². The molecule has 1 fully saturated rings. The van der Waals surface area contributed by atoms with Crippen LogP contribution in [0.1, 0.15) is 12.8 Å². The first-order chi connectivity index (χ1) is 3.88. The normalized spacial score (nSPS) is 41.8. The van der Waals surface area contributed by atoms with Crippen molar-refractivity contribution in [2.45, 2.75) is 12.8 Å². The van der Waals surface area contributed by atoms with Crippen molar-refractivity contribution in [3.05, 3.63) is 12.2 Å². The van der Waals surface area contributed by atoms with E-state index >= 15 is 0 Å². The Hall–Kier alpha value is -0.590. The van der Waals surface area contributed by atoms with Gasteiger partial charge in [-0.15, -0.1) is 0 Å². The smallest absolute Gasteiger partial charge is 0.140 e. The van der Waals surface area contributed by atoms with Crippen LogP contribution in [0.5, 0.6) is 0 Å². The maximum absolute atomic E-state index is 10.8. The number of Topliss-reactive ketones (excluding diaryl/α,β-unsaturated/α-hetero) is 1. The number of carbonyl (C=O) groups excluding carboxylic acids is 1. The lowest BCUT2D eigenvalue weighted by Crippen LogP contribution is -2.17. The predicted octanol–water partition coefficient (Wildman–Crippen LogP) is 1.15. The van der Waals surface area contributed by atoms with Gasteiger partial charge in [-0.05, 0) is 12.3 Å². The lowest BCUT2D eigenvalue weighted by molar-refractivity contribution is -0.120. The summed E-state index contributed by atoms with van der Waals surface area (Å²) in [7, 11) is 0. The minimum absolute atomic E-state index is 0.343. The fourth-order valence-electron chi connectivity index (χ4n) is 1.48. The summed E-state index contributed by atoms with van der Waals surface area (Å²) in [6.07, 6.45) is 6.11. The van der Waals surface area contributed by atoms with Crippen molar-refractivity contribution >= 4 is 5.78 Å². The van der Waals surface area contributed by atoms with Crippen molar-refractivity contribution < 1.29 is 4.79 Å². The molecule has 0 N–H and O–H groups in total. The van der Waals surface area contributed by atoms with E-state index in [0.717, 1.165) is 12.8 Å². The number of hydrogen-bond acceptors (Lipinski definition) is 1. The molecule has 0 spiro atoms. The highest BCUT2D eigenvalue weighted by Gasteiger charge is 2.35. The van der Waals surface area contributed by atoms with Gasteiger partial charge in [-0.25, -0.2) is 0 Å². The molecule has 0 aromatic carbocycles. The van der Waals surface area contributed by atoms with E-state index in [-0.39, 0.29) is 0 Å². The number of hydrogen-bond donors (Lipinski definition) is 0. The van der Waals surface area contributed by atoms with Gasteiger partial charge in [-0.2, -0.15) is 0 Å². The van der Waals surface area contributed by atoms with Gasteiger partial charge in [0.05, 0.1) is 0 Å². The van der Waals surface area contributed by atoms with E-state index in [2.05, 4.69) is 6.08 Å². The van der Waals surface area contributed by atoms with Gasteiger partial charge in [0.2, 0.25) is 0 Å². The van der Waals surface area contributed by atoms with Crippen molar-refractivity contribution in [1.82, 2.24) is 0 Å². The van der Waals surface area contributed by atoms with Crippen LogP contribution in [0, 0.1) is 11.8 Å². The fourth-order valence-corrected chi connectivity index (χ4v) is 1.48. The SMILES string of the molecule is O=C1CC[C@@H]2C=C[C@H]12. The number of allylic oxidation sites excluding steroid dienone is 2. The summed E-state index contributed by atoms with van der Waals surface area (Å²) in [4.78, 5) is 10.8. The Labute approximate surface area is 48.4 Å².